The van der Waals surface area contributed by atoms with Gasteiger partial charge in [0, 0.05) is 17.4 Å². The molecule has 0 spiro atoms. The van der Waals surface area contributed by atoms with E-state index in [2.05, 4.69) is 22.0 Å². The molecule has 2 rings (SSSR count). The summed E-state index contributed by atoms with van der Waals surface area (Å²) in [6.45, 7) is 6.66. The number of halogens is 4. The second-order valence-electron chi connectivity index (χ2n) is 5.99. The molecule has 5 nitrogen and oxygen atoms in total. The topological polar surface area (TPSA) is 66.2 Å². The highest BCUT2D eigenvalue weighted by atomic mass is 19.4. The number of hydrogen-bond donors (Lipinski definition) is 2. The van der Waals surface area contributed by atoms with E-state index in [1.165, 1.54) is 6.07 Å². The molecule has 10 heteroatoms. The van der Waals surface area contributed by atoms with Crippen LogP contribution in [0.5, 0.6) is 0 Å². The van der Waals surface area contributed by atoms with E-state index < -0.39 is 30.5 Å². The van der Waals surface area contributed by atoms with Crippen LogP contribution in [0.25, 0.3) is 0 Å². The van der Waals surface area contributed by atoms with Crippen LogP contribution in [0.4, 0.5) is 23.2 Å². The molecule has 0 aliphatic carbocycles. The van der Waals surface area contributed by atoms with Crippen molar-refractivity contribution in [3.05, 3.63) is 35.3 Å². The van der Waals surface area contributed by atoms with Crippen molar-refractivity contribution in [2.24, 2.45) is 9.98 Å². The molecule has 0 unspecified atom stereocenters. The van der Waals surface area contributed by atoms with Gasteiger partial charge in [-0.05, 0) is 37.3 Å². The maximum absolute atomic E-state index is 14.2. The molecule has 1 aromatic carbocycles. The van der Waals surface area contributed by atoms with Crippen molar-refractivity contribution in [3.63, 3.8) is 0 Å². The summed E-state index contributed by atoms with van der Waals surface area (Å²) in [5.41, 5.74) is -0.709. The van der Waals surface area contributed by atoms with Crippen LogP contribution in [-0.4, -0.2) is 36.9 Å². The normalized spacial score (nSPS) is 15.3. The summed E-state index contributed by atoms with van der Waals surface area (Å²) in [7, 11) is -1.39. The predicted molar refractivity (Wildman–Crippen MR) is 97.9 cm³/mol. The summed E-state index contributed by atoms with van der Waals surface area (Å²) >= 11 is 0. The van der Waals surface area contributed by atoms with Crippen LogP contribution in [0.1, 0.15) is 32.3 Å². The maximum Gasteiger partial charge on any atom is 0.494 e. The van der Waals surface area contributed by atoms with Crippen LogP contribution >= 0.6 is 0 Å². The lowest BCUT2D eigenvalue weighted by molar-refractivity contribution is -0.0862. The fourth-order valence-corrected chi connectivity index (χ4v) is 2.71. The number of anilines is 1. The second kappa shape index (κ2) is 8.66. The minimum atomic E-state index is -4.73. The first kappa shape index (κ1) is 21.1. The molecule has 146 valence electrons. The molecule has 27 heavy (non-hydrogen) atoms. The third-order valence-corrected chi connectivity index (χ3v) is 4.16. The van der Waals surface area contributed by atoms with Gasteiger partial charge in [-0.3, -0.25) is 9.98 Å². The molecule has 1 aromatic rings. The zero-order chi connectivity index (χ0) is 20.2. The molecule has 2 N–H and O–H groups in total. The van der Waals surface area contributed by atoms with E-state index in [-0.39, 0.29) is 23.8 Å². The van der Waals surface area contributed by atoms with Crippen molar-refractivity contribution in [3.8, 4) is 0 Å². The zero-order valence-electron chi connectivity index (χ0n) is 15.0. The van der Waals surface area contributed by atoms with Gasteiger partial charge < -0.3 is 15.0 Å². The van der Waals surface area contributed by atoms with Crippen molar-refractivity contribution in [1.82, 2.24) is 0 Å². The molecular formula is C17H20BF4N3O2. The molecule has 0 aromatic heterocycles. The molecule has 0 atom stereocenters. The number of alkyl halides is 3. The zero-order valence-corrected chi connectivity index (χ0v) is 15.0. The maximum atomic E-state index is 14.2. The molecule has 0 radical (unpaired) electrons. The highest BCUT2D eigenvalue weighted by Crippen LogP contribution is 2.29. The van der Waals surface area contributed by atoms with Crippen molar-refractivity contribution in [1.29, 1.82) is 0 Å². The van der Waals surface area contributed by atoms with Crippen LogP contribution in [-0.2, 0) is 11.3 Å². The van der Waals surface area contributed by atoms with Gasteiger partial charge in [0.2, 0.25) is 0 Å². The Hall–Kier alpha value is -2.20. The van der Waals surface area contributed by atoms with Gasteiger partial charge in [-0.15, -0.1) is 0 Å². The van der Waals surface area contributed by atoms with E-state index in [0.29, 0.717) is 24.6 Å². The van der Waals surface area contributed by atoms with Gasteiger partial charge in [-0.1, -0.05) is 13.8 Å². The summed E-state index contributed by atoms with van der Waals surface area (Å²) in [6, 6.07) is 2.06. The SMILES string of the molecule is C=N/C=C(\C(=NC(CC)CC)Nc1cc(F)c2c(c1)COB2O)C(F)(F)F. The third-order valence-electron chi connectivity index (χ3n) is 4.16. The summed E-state index contributed by atoms with van der Waals surface area (Å²) < 4.78 is 59.6. The van der Waals surface area contributed by atoms with Gasteiger partial charge in [0.1, 0.15) is 17.2 Å². The number of nitrogens with one attached hydrogen (secondary N) is 1. The molecule has 1 heterocycles. The quantitative estimate of drug-likeness (QED) is 0.342. The largest absolute Gasteiger partial charge is 0.494 e. The standard InChI is InChI=1S/C17H20BF4N3O2/c1-4-11(5-2)24-16(13(8-23-3)17(20,21)22)25-12-6-10-9-27-18(26)15(10)14(19)7-12/h6-8,11,26H,3-5,9H2,1-2H3,(H,24,25)/b13-8+. The number of amidine groups is 1. The number of hydrogen-bond acceptors (Lipinski definition) is 4. The first-order valence-electron chi connectivity index (χ1n) is 8.41. The van der Waals surface area contributed by atoms with Crippen LogP contribution in [0.3, 0.4) is 0 Å². The highest BCUT2D eigenvalue weighted by Gasteiger charge is 2.38. The molecule has 0 bridgehead atoms. The van der Waals surface area contributed by atoms with E-state index in [1.54, 1.807) is 0 Å². The van der Waals surface area contributed by atoms with Crippen molar-refractivity contribution >= 4 is 30.8 Å². The number of benzene rings is 1. The molecule has 0 saturated carbocycles. The smallest absolute Gasteiger partial charge is 0.423 e. The van der Waals surface area contributed by atoms with Crippen LogP contribution in [0.2, 0.25) is 0 Å². The summed E-state index contributed by atoms with van der Waals surface area (Å²) in [6.07, 6.45) is -3.09. The molecule has 0 saturated heterocycles. The number of rotatable bonds is 6. The average Bonchev–Trinajstić information content (AvgIpc) is 2.97. The number of fused-ring (bicyclic) bond motifs is 1. The van der Waals surface area contributed by atoms with Gasteiger partial charge in [0.25, 0.3) is 0 Å². The summed E-state index contributed by atoms with van der Waals surface area (Å²) in [5, 5.41) is 12.2. The summed E-state index contributed by atoms with van der Waals surface area (Å²) in [5.74, 6) is -1.25. The monoisotopic (exact) mass is 385 g/mol. The van der Waals surface area contributed by atoms with Gasteiger partial charge in [0.15, 0.2) is 0 Å². The Morgan fingerprint density at radius 3 is 2.63 bits per heavy atom. The van der Waals surface area contributed by atoms with Gasteiger partial charge in [-0.25, -0.2) is 4.39 Å². The Labute approximate surface area is 155 Å². The van der Waals surface area contributed by atoms with E-state index in [4.69, 9.17) is 4.65 Å². The van der Waals surface area contributed by atoms with Gasteiger partial charge in [0.05, 0.1) is 12.6 Å². The molecule has 0 fully saturated rings. The van der Waals surface area contributed by atoms with Crippen LogP contribution in [0.15, 0.2) is 33.9 Å². The first-order valence-corrected chi connectivity index (χ1v) is 8.41. The lowest BCUT2D eigenvalue weighted by Crippen LogP contribution is -2.32. The molecular weight excluding hydrogens is 365 g/mol. The fourth-order valence-electron chi connectivity index (χ4n) is 2.71. The van der Waals surface area contributed by atoms with Crippen LogP contribution in [0, 0.1) is 5.82 Å². The van der Waals surface area contributed by atoms with Crippen molar-refractivity contribution < 1.29 is 27.2 Å². The third kappa shape index (κ3) is 4.95. The van der Waals surface area contributed by atoms with Crippen molar-refractivity contribution in [2.75, 3.05) is 5.32 Å². The first-order chi connectivity index (χ1) is 12.7. The van der Waals surface area contributed by atoms with E-state index in [0.717, 1.165) is 6.07 Å². The number of nitrogens with zero attached hydrogens (tertiary/aromatic N) is 2. The lowest BCUT2D eigenvalue weighted by atomic mass is 9.79. The van der Waals surface area contributed by atoms with E-state index in [1.807, 2.05) is 13.8 Å². The van der Waals surface area contributed by atoms with Crippen molar-refractivity contribution in [2.45, 2.75) is 45.5 Å². The van der Waals surface area contributed by atoms with Gasteiger partial charge in [-0.2, -0.15) is 13.2 Å². The Kier molecular flexibility index (Phi) is 6.77. The Morgan fingerprint density at radius 2 is 2.07 bits per heavy atom. The minimum Gasteiger partial charge on any atom is -0.423 e. The highest BCUT2D eigenvalue weighted by molar-refractivity contribution is 6.61. The average molecular weight is 385 g/mol. The molecule has 0 amide bonds. The minimum absolute atomic E-state index is 0.0154. The van der Waals surface area contributed by atoms with Crippen LogP contribution < -0.4 is 10.8 Å². The lowest BCUT2D eigenvalue weighted by Gasteiger charge is -2.19. The molecule has 1 aliphatic heterocycles. The van der Waals surface area contributed by atoms with E-state index >= 15 is 0 Å². The fraction of sp³-hybridized carbons (Fsp3) is 0.412. The summed E-state index contributed by atoms with van der Waals surface area (Å²) in [4.78, 5) is 7.39. The Morgan fingerprint density at radius 1 is 1.41 bits per heavy atom. The van der Waals surface area contributed by atoms with Gasteiger partial charge >= 0.3 is 13.3 Å². The Bertz CT molecular complexity index is 761. The second-order valence-corrected chi connectivity index (χ2v) is 5.99. The number of aliphatic imine (C=N–C) groups is 2. The predicted octanol–water partition coefficient (Wildman–Crippen LogP) is 3.19. The van der Waals surface area contributed by atoms with E-state index in [9.17, 15) is 22.6 Å². The Balaban J connectivity index is 2.48. The molecule has 1 aliphatic rings.